The number of carbonyl (C=O) groups is 2. The number of amides is 1. The number of Topliss-reactive ketones (excluding diaryl/α,β-unsaturated/α-hetero) is 1. The summed E-state index contributed by atoms with van der Waals surface area (Å²) in [5.41, 5.74) is 2.09. The highest BCUT2D eigenvalue weighted by atomic mass is 32.1. The Morgan fingerprint density at radius 3 is 2.41 bits per heavy atom. The Bertz CT molecular complexity index is 1050. The smallest absolute Gasteiger partial charge is 0.497 e. The van der Waals surface area contributed by atoms with E-state index in [0.717, 1.165) is 11.1 Å². The third kappa shape index (κ3) is 6.65. The molecule has 2 aromatic carbocycles. The third-order valence-corrected chi connectivity index (χ3v) is 5.65. The second-order valence-corrected chi connectivity index (χ2v) is 8.04. The molecular formula is C24H24BNO5S. The first kappa shape index (κ1) is 23.5. The molecule has 1 amide bonds. The summed E-state index contributed by atoms with van der Waals surface area (Å²) in [6.07, 6.45) is 1.81. The average molecular weight is 449 g/mol. The molecular weight excluding hydrogens is 425 g/mol. The minimum atomic E-state index is -1.85. The minimum absolute atomic E-state index is 0.0275. The minimum Gasteiger partial charge on any atom is -0.497 e. The number of hydrogen-bond donors (Lipinski definition) is 3. The molecule has 0 aliphatic rings. The summed E-state index contributed by atoms with van der Waals surface area (Å²) in [6, 6.07) is 17.9. The van der Waals surface area contributed by atoms with Gasteiger partial charge in [-0.15, -0.1) is 0 Å². The van der Waals surface area contributed by atoms with Crippen LogP contribution in [-0.4, -0.2) is 36.0 Å². The molecule has 0 aliphatic carbocycles. The van der Waals surface area contributed by atoms with Gasteiger partial charge in [0.05, 0.1) is 7.11 Å². The van der Waals surface area contributed by atoms with Crippen molar-refractivity contribution in [3.8, 4) is 5.75 Å². The summed E-state index contributed by atoms with van der Waals surface area (Å²) in [7, 11) is -0.304. The summed E-state index contributed by atoms with van der Waals surface area (Å²) in [5, 5.41) is 25.8. The molecule has 0 spiro atoms. The van der Waals surface area contributed by atoms with Gasteiger partial charge in [-0.1, -0.05) is 30.3 Å². The molecule has 1 aromatic heterocycles. The lowest BCUT2D eigenvalue weighted by Gasteiger charge is -2.18. The highest BCUT2D eigenvalue weighted by molar-refractivity contribution is 7.08. The van der Waals surface area contributed by atoms with Gasteiger partial charge in [0.25, 0.3) is 0 Å². The van der Waals surface area contributed by atoms with Crippen molar-refractivity contribution in [1.29, 1.82) is 0 Å². The van der Waals surface area contributed by atoms with Gasteiger partial charge in [0.15, 0.2) is 5.78 Å². The van der Waals surface area contributed by atoms with Gasteiger partial charge >= 0.3 is 7.12 Å². The molecule has 0 fully saturated rings. The van der Waals surface area contributed by atoms with Gasteiger partial charge in [-0.3, -0.25) is 9.59 Å². The lowest BCUT2D eigenvalue weighted by Crippen LogP contribution is -2.38. The Hall–Kier alpha value is -3.20. The molecule has 0 bridgehead atoms. The van der Waals surface area contributed by atoms with E-state index in [1.165, 1.54) is 17.4 Å². The molecule has 6 nitrogen and oxygen atoms in total. The Kier molecular flexibility index (Phi) is 8.38. The van der Waals surface area contributed by atoms with E-state index in [-0.39, 0.29) is 17.8 Å². The molecule has 0 aliphatic heterocycles. The molecule has 3 aromatic rings. The van der Waals surface area contributed by atoms with E-state index >= 15 is 0 Å². The standard InChI is InChI=1S/C24H24BNO5S/c1-31-21-9-7-19(8-10-21)22(27)15-20(13-17-5-3-2-4-6-17)24(28)26-23(25(29)30)14-18-11-12-32-16-18/h2-12,14,16,20,29-30H,13,15H2,1H3,(H,26,28)/b23-14+/t20-/m1/s1. The predicted octanol–water partition coefficient (Wildman–Crippen LogP) is 3.36. The predicted molar refractivity (Wildman–Crippen MR) is 126 cm³/mol. The number of methoxy groups -OCH3 is 1. The monoisotopic (exact) mass is 449 g/mol. The van der Waals surface area contributed by atoms with E-state index in [2.05, 4.69) is 5.32 Å². The molecule has 0 radical (unpaired) electrons. The number of carbonyl (C=O) groups excluding carboxylic acids is 2. The first-order chi connectivity index (χ1) is 15.5. The van der Waals surface area contributed by atoms with Crippen molar-refractivity contribution < 1.29 is 24.4 Å². The molecule has 8 heteroatoms. The van der Waals surface area contributed by atoms with E-state index in [9.17, 15) is 19.6 Å². The van der Waals surface area contributed by atoms with Crippen LogP contribution in [0, 0.1) is 5.92 Å². The molecule has 164 valence electrons. The fourth-order valence-corrected chi connectivity index (χ4v) is 3.85. The van der Waals surface area contributed by atoms with E-state index in [4.69, 9.17) is 4.74 Å². The normalized spacial score (nSPS) is 12.2. The highest BCUT2D eigenvalue weighted by Gasteiger charge is 2.26. The van der Waals surface area contributed by atoms with Gasteiger partial charge in [0.2, 0.25) is 5.91 Å². The van der Waals surface area contributed by atoms with Crippen molar-refractivity contribution in [2.75, 3.05) is 7.11 Å². The van der Waals surface area contributed by atoms with Gasteiger partial charge in [0, 0.05) is 23.5 Å². The van der Waals surface area contributed by atoms with Gasteiger partial charge < -0.3 is 20.1 Å². The lowest BCUT2D eigenvalue weighted by molar-refractivity contribution is -0.124. The van der Waals surface area contributed by atoms with Crippen molar-refractivity contribution >= 4 is 36.2 Å². The van der Waals surface area contributed by atoms with Gasteiger partial charge in [-0.05, 0) is 64.7 Å². The van der Waals surface area contributed by atoms with Crippen molar-refractivity contribution in [1.82, 2.24) is 5.32 Å². The Morgan fingerprint density at radius 1 is 1.09 bits per heavy atom. The SMILES string of the molecule is COc1ccc(C(=O)C[C@@H](Cc2ccccc2)C(=O)N/C(=C/c2ccsc2)B(O)O)cc1. The van der Waals surface area contributed by atoms with Gasteiger partial charge in [-0.25, -0.2) is 0 Å². The van der Waals surface area contributed by atoms with Crippen LogP contribution in [0.4, 0.5) is 0 Å². The number of ether oxygens (including phenoxy) is 1. The fourth-order valence-electron chi connectivity index (χ4n) is 3.23. The summed E-state index contributed by atoms with van der Waals surface area (Å²) in [6.45, 7) is 0. The number of benzene rings is 2. The highest BCUT2D eigenvalue weighted by Crippen LogP contribution is 2.19. The largest absolute Gasteiger partial charge is 0.505 e. The molecule has 1 atom stereocenters. The van der Waals surface area contributed by atoms with Crippen LogP contribution in [0.5, 0.6) is 5.75 Å². The molecule has 32 heavy (non-hydrogen) atoms. The van der Waals surface area contributed by atoms with Crippen molar-refractivity contribution in [3.05, 3.63) is 93.7 Å². The first-order valence-corrected chi connectivity index (χ1v) is 11.0. The fraction of sp³-hybridized carbons (Fsp3) is 0.167. The van der Waals surface area contributed by atoms with Crippen molar-refractivity contribution in [3.63, 3.8) is 0 Å². The Labute approximate surface area is 191 Å². The van der Waals surface area contributed by atoms with Crippen LogP contribution < -0.4 is 10.1 Å². The maximum Gasteiger partial charge on any atom is 0.505 e. The van der Waals surface area contributed by atoms with E-state index in [1.54, 1.807) is 37.4 Å². The lowest BCUT2D eigenvalue weighted by atomic mass is 9.83. The zero-order chi connectivity index (χ0) is 22.9. The van der Waals surface area contributed by atoms with Crippen LogP contribution in [-0.2, 0) is 11.2 Å². The molecule has 1 heterocycles. The molecule has 0 saturated carbocycles. The number of rotatable bonds is 10. The Morgan fingerprint density at radius 2 is 1.81 bits per heavy atom. The maximum absolute atomic E-state index is 13.1. The number of nitrogens with one attached hydrogen (secondary N) is 1. The zero-order valence-electron chi connectivity index (χ0n) is 17.6. The second kappa shape index (κ2) is 11.4. The average Bonchev–Trinajstić information content (AvgIpc) is 3.32. The second-order valence-electron chi connectivity index (χ2n) is 7.26. The van der Waals surface area contributed by atoms with E-state index in [1.807, 2.05) is 41.1 Å². The van der Waals surface area contributed by atoms with Gasteiger partial charge in [-0.2, -0.15) is 11.3 Å². The van der Waals surface area contributed by atoms with Crippen molar-refractivity contribution in [2.24, 2.45) is 5.92 Å². The van der Waals surface area contributed by atoms with E-state index in [0.29, 0.717) is 17.7 Å². The van der Waals surface area contributed by atoms with Crippen molar-refractivity contribution in [2.45, 2.75) is 12.8 Å². The Balaban J connectivity index is 1.80. The maximum atomic E-state index is 13.1. The molecule has 3 N–H and O–H groups in total. The van der Waals surface area contributed by atoms with Crippen LogP contribution in [0.15, 0.2) is 77.0 Å². The zero-order valence-corrected chi connectivity index (χ0v) is 18.4. The quantitative estimate of drug-likeness (QED) is 0.326. The molecule has 0 saturated heterocycles. The van der Waals surface area contributed by atoms with E-state index < -0.39 is 18.9 Å². The van der Waals surface area contributed by atoms with Gasteiger partial charge in [0.1, 0.15) is 5.75 Å². The number of thiophene rings is 1. The summed E-state index contributed by atoms with van der Waals surface area (Å²) in [5.74, 6) is -0.696. The number of hydrogen-bond acceptors (Lipinski definition) is 6. The van der Waals surface area contributed by atoms with Crippen LogP contribution >= 0.6 is 11.3 Å². The summed E-state index contributed by atoms with van der Waals surface area (Å²) >= 11 is 1.45. The molecule has 3 rings (SSSR count). The van der Waals surface area contributed by atoms with Crippen LogP contribution in [0.2, 0.25) is 0 Å². The topological polar surface area (TPSA) is 95.9 Å². The van der Waals surface area contributed by atoms with Crippen LogP contribution in [0.3, 0.4) is 0 Å². The van der Waals surface area contributed by atoms with Crippen LogP contribution in [0.1, 0.15) is 27.9 Å². The summed E-state index contributed by atoms with van der Waals surface area (Å²) < 4.78 is 5.13. The first-order valence-electron chi connectivity index (χ1n) is 10.1. The summed E-state index contributed by atoms with van der Waals surface area (Å²) in [4.78, 5) is 26.0. The van der Waals surface area contributed by atoms with Crippen LogP contribution in [0.25, 0.3) is 6.08 Å². The number of ketones is 1. The third-order valence-electron chi connectivity index (χ3n) is 4.95. The molecule has 0 unspecified atom stereocenters.